The van der Waals surface area contributed by atoms with Gasteiger partial charge in [-0.05, 0) is 43.7 Å². The van der Waals surface area contributed by atoms with Crippen molar-refractivity contribution in [1.82, 2.24) is 5.32 Å². The quantitative estimate of drug-likeness (QED) is 0.690. The van der Waals surface area contributed by atoms with Gasteiger partial charge >= 0.3 is 6.18 Å². The van der Waals surface area contributed by atoms with Crippen molar-refractivity contribution in [3.8, 4) is 0 Å². The Kier molecular flexibility index (Phi) is 6.86. The largest absolute Gasteiger partial charge is 0.416 e. The Labute approximate surface area is 168 Å². The van der Waals surface area contributed by atoms with Crippen molar-refractivity contribution in [2.75, 3.05) is 6.61 Å². The number of aliphatic hydroxyl groups is 2. The van der Waals surface area contributed by atoms with Crippen LogP contribution in [0.5, 0.6) is 0 Å². The number of hydrogen-bond acceptors (Lipinski definition) is 4. The third-order valence-corrected chi connectivity index (χ3v) is 6.13. The lowest BCUT2D eigenvalue weighted by atomic mass is 9.70. The summed E-state index contributed by atoms with van der Waals surface area (Å²) >= 11 is 0. The first-order valence-electron chi connectivity index (χ1n) is 10.2. The average molecular weight is 415 g/mol. The number of alkyl halides is 3. The van der Waals surface area contributed by atoms with E-state index < -0.39 is 41.4 Å². The van der Waals surface area contributed by atoms with Gasteiger partial charge in [0, 0.05) is 12.5 Å². The molecule has 4 atom stereocenters. The third kappa shape index (κ3) is 4.75. The second kappa shape index (κ2) is 9.02. The number of aliphatic hydroxyl groups excluding tert-OH is 2. The van der Waals surface area contributed by atoms with Crippen LogP contribution in [0.15, 0.2) is 24.3 Å². The van der Waals surface area contributed by atoms with Gasteiger partial charge in [0.1, 0.15) is 0 Å². The van der Waals surface area contributed by atoms with Gasteiger partial charge in [0.2, 0.25) is 0 Å². The van der Waals surface area contributed by atoms with Gasteiger partial charge in [-0.2, -0.15) is 13.2 Å². The fraction of sp³-hybridized carbons (Fsp3) is 0.667. The first kappa shape index (κ1) is 22.1. The van der Waals surface area contributed by atoms with Gasteiger partial charge in [-0.25, -0.2) is 0 Å². The van der Waals surface area contributed by atoms with E-state index in [0.717, 1.165) is 18.9 Å². The number of benzene rings is 1. The fourth-order valence-corrected chi connectivity index (χ4v) is 4.68. The van der Waals surface area contributed by atoms with Crippen molar-refractivity contribution in [1.29, 1.82) is 0 Å². The van der Waals surface area contributed by atoms with Crippen molar-refractivity contribution in [2.45, 2.75) is 75.5 Å². The Hall–Kier alpha value is -1.64. The number of nitrogens with one attached hydrogen (secondary N) is 1. The van der Waals surface area contributed by atoms with Crippen LogP contribution in [0.3, 0.4) is 0 Å². The maximum absolute atomic E-state index is 13.3. The molecular weight excluding hydrogens is 387 g/mol. The lowest BCUT2D eigenvalue weighted by Gasteiger charge is -2.47. The standard InChI is InChI=1S/C21H28F3NO4/c22-21(23,24)16-8-2-1-6-14(16)12-25-19(28)20(11-5-7-15(13-26)29-20)17-9-3-4-10-18(17)27/h1-2,6,8,15,17-18,26-27H,3-5,7,9-13H2,(H,25,28)/t15?,17-,18?,20-/m0/s1. The van der Waals surface area contributed by atoms with Crippen molar-refractivity contribution in [3.63, 3.8) is 0 Å². The second-order valence-corrected chi connectivity index (χ2v) is 8.00. The zero-order valence-corrected chi connectivity index (χ0v) is 16.3. The molecule has 2 fully saturated rings. The first-order valence-corrected chi connectivity index (χ1v) is 10.2. The van der Waals surface area contributed by atoms with Gasteiger partial charge < -0.3 is 20.3 Å². The lowest BCUT2D eigenvalue weighted by molar-refractivity contribution is -0.201. The topological polar surface area (TPSA) is 78.8 Å². The normalized spacial score (nSPS) is 30.7. The summed E-state index contributed by atoms with van der Waals surface area (Å²) in [6.45, 7) is -0.527. The highest BCUT2D eigenvalue weighted by Crippen LogP contribution is 2.42. The molecule has 8 heteroatoms. The summed E-state index contributed by atoms with van der Waals surface area (Å²) < 4.78 is 45.8. The molecule has 1 saturated heterocycles. The minimum Gasteiger partial charge on any atom is -0.394 e. The highest BCUT2D eigenvalue weighted by atomic mass is 19.4. The molecule has 0 aromatic heterocycles. The molecular formula is C21H28F3NO4. The number of ether oxygens (including phenoxy) is 1. The highest BCUT2D eigenvalue weighted by Gasteiger charge is 2.52. The van der Waals surface area contributed by atoms with E-state index in [1.54, 1.807) is 0 Å². The highest BCUT2D eigenvalue weighted by molar-refractivity contribution is 5.86. The molecule has 1 heterocycles. The van der Waals surface area contributed by atoms with Gasteiger partial charge in [0.15, 0.2) is 5.60 Å². The van der Waals surface area contributed by atoms with E-state index in [1.165, 1.54) is 18.2 Å². The van der Waals surface area contributed by atoms with E-state index in [0.29, 0.717) is 32.1 Å². The van der Waals surface area contributed by atoms with E-state index in [4.69, 9.17) is 4.74 Å². The number of halogens is 3. The summed E-state index contributed by atoms with van der Waals surface area (Å²) in [6, 6.07) is 5.13. The van der Waals surface area contributed by atoms with Gasteiger partial charge in [0.25, 0.3) is 5.91 Å². The van der Waals surface area contributed by atoms with Crippen LogP contribution in [0.25, 0.3) is 0 Å². The maximum atomic E-state index is 13.3. The minimum absolute atomic E-state index is 0.0257. The molecule has 1 amide bonds. The van der Waals surface area contributed by atoms with Crippen LogP contribution in [0.4, 0.5) is 13.2 Å². The van der Waals surface area contributed by atoms with Gasteiger partial charge in [-0.3, -0.25) is 4.79 Å². The number of rotatable bonds is 5. The molecule has 1 saturated carbocycles. The van der Waals surface area contributed by atoms with Crippen molar-refractivity contribution in [2.24, 2.45) is 5.92 Å². The smallest absolute Gasteiger partial charge is 0.394 e. The van der Waals surface area contributed by atoms with Crippen molar-refractivity contribution in [3.05, 3.63) is 35.4 Å². The zero-order chi connectivity index (χ0) is 21.1. The summed E-state index contributed by atoms with van der Waals surface area (Å²) in [5.74, 6) is -0.956. The van der Waals surface area contributed by atoms with E-state index in [9.17, 15) is 28.2 Å². The summed E-state index contributed by atoms with van der Waals surface area (Å²) in [5.41, 5.74) is -2.15. The van der Waals surface area contributed by atoms with Crippen LogP contribution in [0.1, 0.15) is 56.1 Å². The molecule has 1 aromatic rings. The van der Waals surface area contributed by atoms with Crippen LogP contribution in [-0.2, 0) is 22.3 Å². The second-order valence-electron chi connectivity index (χ2n) is 8.00. The summed E-state index contributed by atoms with van der Waals surface area (Å²) in [5, 5.41) is 22.7. The molecule has 2 unspecified atom stereocenters. The molecule has 0 spiro atoms. The molecule has 2 aliphatic rings. The molecule has 0 bridgehead atoms. The molecule has 1 aliphatic heterocycles. The Morgan fingerprint density at radius 3 is 2.59 bits per heavy atom. The van der Waals surface area contributed by atoms with Crippen molar-refractivity contribution >= 4 is 5.91 Å². The molecule has 5 nitrogen and oxygen atoms in total. The SMILES string of the molecule is O=C(NCc1ccccc1C(F)(F)F)[C@@]1([C@H]2CCCCC2O)CCCC(CO)O1. The first-order chi connectivity index (χ1) is 13.8. The lowest BCUT2D eigenvalue weighted by Crippen LogP contribution is -2.60. The number of amides is 1. The van der Waals surface area contributed by atoms with E-state index >= 15 is 0 Å². The predicted molar refractivity (Wildman–Crippen MR) is 99.8 cm³/mol. The summed E-state index contributed by atoms with van der Waals surface area (Å²) in [4.78, 5) is 13.3. The predicted octanol–water partition coefficient (Wildman–Crippen LogP) is 3.17. The number of carbonyl (C=O) groups is 1. The monoisotopic (exact) mass is 415 g/mol. The maximum Gasteiger partial charge on any atom is 0.416 e. The summed E-state index contributed by atoms with van der Waals surface area (Å²) in [6.07, 6.45) is -1.26. The molecule has 162 valence electrons. The Morgan fingerprint density at radius 1 is 1.17 bits per heavy atom. The zero-order valence-electron chi connectivity index (χ0n) is 16.3. The Morgan fingerprint density at radius 2 is 1.90 bits per heavy atom. The van der Waals surface area contributed by atoms with Gasteiger partial charge in [-0.1, -0.05) is 31.0 Å². The average Bonchev–Trinajstić information content (AvgIpc) is 2.71. The molecule has 1 aliphatic carbocycles. The number of hydrogen-bond donors (Lipinski definition) is 3. The number of carbonyl (C=O) groups excluding carboxylic acids is 1. The minimum atomic E-state index is -4.51. The van der Waals surface area contributed by atoms with Crippen LogP contribution in [0, 0.1) is 5.92 Å². The molecule has 0 radical (unpaired) electrons. The van der Waals surface area contributed by atoms with E-state index in [2.05, 4.69) is 5.32 Å². The summed E-state index contributed by atoms with van der Waals surface area (Å²) in [7, 11) is 0. The van der Waals surface area contributed by atoms with E-state index in [-0.39, 0.29) is 18.7 Å². The third-order valence-electron chi connectivity index (χ3n) is 6.13. The van der Waals surface area contributed by atoms with E-state index in [1.807, 2.05) is 0 Å². The Bertz CT molecular complexity index is 711. The van der Waals surface area contributed by atoms with Crippen LogP contribution < -0.4 is 5.32 Å². The molecule has 3 N–H and O–H groups in total. The van der Waals surface area contributed by atoms with Crippen molar-refractivity contribution < 1.29 is 32.9 Å². The molecule has 3 rings (SSSR count). The van der Waals surface area contributed by atoms with Gasteiger partial charge in [0.05, 0.1) is 24.4 Å². The Balaban J connectivity index is 1.83. The molecule has 1 aromatic carbocycles. The van der Waals surface area contributed by atoms with Gasteiger partial charge in [-0.15, -0.1) is 0 Å². The van der Waals surface area contributed by atoms with Crippen LogP contribution in [-0.4, -0.2) is 40.5 Å². The van der Waals surface area contributed by atoms with Crippen LogP contribution in [0.2, 0.25) is 0 Å². The van der Waals surface area contributed by atoms with Crippen LogP contribution >= 0.6 is 0 Å². The fourth-order valence-electron chi connectivity index (χ4n) is 4.68. The molecule has 29 heavy (non-hydrogen) atoms.